The summed E-state index contributed by atoms with van der Waals surface area (Å²) >= 11 is 5.37. The molecule has 0 amide bonds. The summed E-state index contributed by atoms with van der Waals surface area (Å²) in [6.45, 7) is -0.408. The van der Waals surface area contributed by atoms with Crippen LogP contribution in [0, 0.1) is 4.77 Å². The molecule has 9 heteroatoms. The first-order chi connectivity index (χ1) is 12.1. The maximum Gasteiger partial charge on any atom is 0.181 e. The molecule has 0 spiro atoms. The Morgan fingerprint density at radius 1 is 1.16 bits per heavy atom. The van der Waals surface area contributed by atoms with Gasteiger partial charge in [0.1, 0.15) is 30.2 Å². The molecule has 0 unspecified atom stereocenters. The van der Waals surface area contributed by atoms with Gasteiger partial charge in [0.2, 0.25) is 0 Å². The van der Waals surface area contributed by atoms with E-state index in [0.29, 0.717) is 16.9 Å². The minimum Gasteiger partial charge on any atom is -0.394 e. The van der Waals surface area contributed by atoms with Crippen LogP contribution >= 0.6 is 12.2 Å². The smallest absolute Gasteiger partial charge is 0.181 e. The van der Waals surface area contributed by atoms with Crippen LogP contribution in [0.3, 0.4) is 0 Å². The van der Waals surface area contributed by atoms with Gasteiger partial charge in [-0.05, 0) is 12.2 Å². The second-order valence-electron chi connectivity index (χ2n) is 5.82. The lowest BCUT2D eigenvalue weighted by atomic mass is 10.1. The van der Waals surface area contributed by atoms with Crippen LogP contribution in [-0.2, 0) is 4.74 Å². The predicted octanol–water partition coefficient (Wildman–Crippen LogP) is 0.767. The molecule has 1 saturated heterocycles. The average Bonchev–Trinajstić information content (AvgIpc) is 3.11. The van der Waals surface area contributed by atoms with Crippen LogP contribution in [0.4, 0.5) is 0 Å². The second kappa shape index (κ2) is 6.28. The number of rotatable bonds is 3. The van der Waals surface area contributed by atoms with Crippen molar-refractivity contribution in [2.75, 3.05) is 6.61 Å². The highest BCUT2D eigenvalue weighted by atomic mass is 32.1. The molecule has 8 nitrogen and oxygen atoms in total. The van der Waals surface area contributed by atoms with E-state index >= 15 is 0 Å². The standard InChI is InChI=1S/C16H16N4O4S/c21-6-9-12(22)13(23)15(24-9)20-14-11(19-16(20)25)10(17-7-18-14)8-4-2-1-3-5-8/h1-5,7,9,12-13,15,21-23H,6H2,(H,19,25)/t9-,12-,13-,15-/m1/s1. The van der Waals surface area contributed by atoms with Crippen molar-refractivity contribution in [3.05, 3.63) is 41.4 Å². The number of nitrogens with one attached hydrogen (secondary N) is 1. The number of H-pyrrole nitrogens is 1. The molecule has 2 aromatic heterocycles. The first kappa shape index (κ1) is 16.3. The van der Waals surface area contributed by atoms with E-state index in [0.717, 1.165) is 5.56 Å². The molecular weight excluding hydrogens is 344 g/mol. The summed E-state index contributed by atoms with van der Waals surface area (Å²) in [4.78, 5) is 11.6. The SMILES string of the molecule is OC[C@H]1O[C@@H](n2c(=S)[nH]c3c(-c4ccccc4)ncnc32)[C@H](O)[C@@H]1O. The molecule has 1 aromatic carbocycles. The molecular formula is C16H16N4O4S. The van der Waals surface area contributed by atoms with Crippen LogP contribution < -0.4 is 0 Å². The zero-order valence-corrected chi connectivity index (χ0v) is 13.8. The third-order valence-corrected chi connectivity index (χ3v) is 4.62. The van der Waals surface area contributed by atoms with Crippen LogP contribution in [0.1, 0.15) is 6.23 Å². The third-order valence-electron chi connectivity index (χ3n) is 4.33. The number of imidazole rings is 1. The minimum absolute atomic E-state index is 0.280. The zero-order chi connectivity index (χ0) is 17.6. The van der Waals surface area contributed by atoms with Crippen molar-refractivity contribution in [1.82, 2.24) is 19.5 Å². The summed E-state index contributed by atoms with van der Waals surface area (Å²) in [5.74, 6) is 0. The number of aliphatic hydroxyl groups excluding tert-OH is 3. The van der Waals surface area contributed by atoms with Crippen LogP contribution in [0.5, 0.6) is 0 Å². The van der Waals surface area contributed by atoms with E-state index in [1.807, 2.05) is 30.3 Å². The Labute approximate surface area is 147 Å². The fourth-order valence-electron chi connectivity index (χ4n) is 3.08. The predicted molar refractivity (Wildman–Crippen MR) is 91.2 cm³/mol. The van der Waals surface area contributed by atoms with Gasteiger partial charge in [0.05, 0.1) is 12.3 Å². The summed E-state index contributed by atoms with van der Waals surface area (Å²) in [5, 5.41) is 29.6. The number of aromatic nitrogens is 4. The lowest BCUT2D eigenvalue weighted by Gasteiger charge is -2.16. The van der Waals surface area contributed by atoms with Gasteiger partial charge in [-0.15, -0.1) is 0 Å². The van der Waals surface area contributed by atoms with Crippen LogP contribution in [0.2, 0.25) is 0 Å². The topological polar surface area (TPSA) is 116 Å². The van der Waals surface area contributed by atoms with Gasteiger partial charge in [0.15, 0.2) is 16.6 Å². The number of benzene rings is 1. The molecule has 1 aliphatic heterocycles. The molecule has 4 N–H and O–H groups in total. The van der Waals surface area contributed by atoms with Crippen molar-refractivity contribution < 1.29 is 20.1 Å². The summed E-state index contributed by atoms with van der Waals surface area (Å²) in [7, 11) is 0. The van der Waals surface area contributed by atoms with E-state index in [9.17, 15) is 15.3 Å². The van der Waals surface area contributed by atoms with Crippen LogP contribution in [0.25, 0.3) is 22.4 Å². The van der Waals surface area contributed by atoms with Crippen LogP contribution in [-0.4, -0.2) is 59.8 Å². The Hall–Kier alpha value is -2.17. The van der Waals surface area contributed by atoms with Gasteiger partial charge < -0.3 is 25.0 Å². The molecule has 0 aliphatic carbocycles. The Balaban J connectivity index is 1.87. The zero-order valence-electron chi connectivity index (χ0n) is 13.0. The summed E-state index contributed by atoms with van der Waals surface area (Å²) in [6.07, 6.45) is -2.88. The Morgan fingerprint density at radius 3 is 2.60 bits per heavy atom. The Morgan fingerprint density at radius 2 is 1.92 bits per heavy atom. The molecule has 4 rings (SSSR count). The van der Waals surface area contributed by atoms with E-state index in [1.54, 1.807) is 0 Å². The average molecular weight is 360 g/mol. The Kier molecular flexibility index (Phi) is 4.10. The number of ether oxygens (including phenoxy) is 1. The van der Waals surface area contributed by atoms with Gasteiger partial charge >= 0.3 is 0 Å². The fourth-order valence-corrected chi connectivity index (χ4v) is 3.37. The molecule has 1 aliphatic rings. The molecule has 0 bridgehead atoms. The number of hydrogen-bond acceptors (Lipinski definition) is 7. The van der Waals surface area contributed by atoms with Crippen LogP contribution in [0.15, 0.2) is 36.7 Å². The largest absolute Gasteiger partial charge is 0.394 e. The van der Waals surface area contributed by atoms with Crippen molar-refractivity contribution in [2.45, 2.75) is 24.5 Å². The minimum atomic E-state index is -1.24. The lowest BCUT2D eigenvalue weighted by molar-refractivity contribution is -0.0517. The van der Waals surface area contributed by atoms with Gasteiger partial charge in [-0.3, -0.25) is 4.57 Å². The van der Waals surface area contributed by atoms with E-state index in [2.05, 4.69) is 15.0 Å². The fraction of sp³-hybridized carbons (Fsp3) is 0.312. The van der Waals surface area contributed by atoms with E-state index in [4.69, 9.17) is 17.0 Å². The highest BCUT2D eigenvalue weighted by Gasteiger charge is 2.44. The molecule has 0 saturated carbocycles. The lowest BCUT2D eigenvalue weighted by Crippen LogP contribution is -2.33. The van der Waals surface area contributed by atoms with Crippen molar-refractivity contribution in [2.24, 2.45) is 0 Å². The first-order valence-electron chi connectivity index (χ1n) is 7.75. The number of hydrogen-bond donors (Lipinski definition) is 4. The monoisotopic (exact) mass is 360 g/mol. The van der Waals surface area contributed by atoms with Crippen molar-refractivity contribution in [3.8, 4) is 11.3 Å². The molecule has 25 heavy (non-hydrogen) atoms. The van der Waals surface area contributed by atoms with E-state index in [1.165, 1.54) is 10.9 Å². The number of fused-ring (bicyclic) bond motifs is 1. The number of aliphatic hydroxyl groups is 3. The highest BCUT2D eigenvalue weighted by Crippen LogP contribution is 2.33. The Bertz CT molecular complexity index is 958. The molecule has 1 fully saturated rings. The molecule has 0 radical (unpaired) electrons. The van der Waals surface area contributed by atoms with E-state index in [-0.39, 0.29) is 4.77 Å². The van der Waals surface area contributed by atoms with Crippen molar-refractivity contribution in [3.63, 3.8) is 0 Å². The van der Waals surface area contributed by atoms with Gasteiger partial charge in [-0.25, -0.2) is 9.97 Å². The maximum absolute atomic E-state index is 10.3. The van der Waals surface area contributed by atoms with E-state index < -0.39 is 31.1 Å². The molecule has 3 aromatic rings. The second-order valence-corrected chi connectivity index (χ2v) is 6.20. The summed E-state index contributed by atoms with van der Waals surface area (Å²) in [6, 6.07) is 9.56. The first-order valence-corrected chi connectivity index (χ1v) is 8.15. The van der Waals surface area contributed by atoms with Gasteiger partial charge in [-0.2, -0.15) is 0 Å². The normalized spacial score (nSPS) is 26.4. The molecule has 130 valence electrons. The highest BCUT2D eigenvalue weighted by molar-refractivity contribution is 7.71. The quantitative estimate of drug-likeness (QED) is 0.510. The molecule has 4 atom stereocenters. The van der Waals surface area contributed by atoms with Crippen molar-refractivity contribution >= 4 is 23.4 Å². The van der Waals surface area contributed by atoms with Gasteiger partial charge in [0.25, 0.3) is 0 Å². The number of nitrogens with zero attached hydrogens (tertiary/aromatic N) is 3. The summed E-state index contributed by atoms with van der Waals surface area (Å²) < 4.78 is 7.36. The third kappa shape index (κ3) is 2.57. The van der Waals surface area contributed by atoms with Gasteiger partial charge in [-0.1, -0.05) is 30.3 Å². The van der Waals surface area contributed by atoms with Gasteiger partial charge in [0, 0.05) is 5.56 Å². The number of aromatic amines is 1. The molecule has 3 heterocycles. The summed E-state index contributed by atoms with van der Waals surface area (Å²) in [5.41, 5.74) is 2.62. The van der Waals surface area contributed by atoms with Crippen molar-refractivity contribution in [1.29, 1.82) is 0 Å². The maximum atomic E-state index is 10.3.